The molecule has 0 radical (unpaired) electrons. The molecule has 1 heterocycles. The molecule has 1 aliphatic heterocycles. The number of morpholine rings is 1. The smallest absolute Gasteiger partial charge is 0.321 e. The number of hydrogen-bond acceptors (Lipinski definition) is 4. The van der Waals surface area contributed by atoms with Crippen LogP contribution < -0.4 is 5.32 Å². The Bertz CT molecular complexity index is 161. The highest BCUT2D eigenvalue weighted by molar-refractivity contribution is 6.44. The zero-order valence-corrected chi connectivity index (χ0v) is 11.1. The molecule has 2 unspecified atom stereocenters. The van der Waals surface area contributed by atoms with Crippen molar-refractivity contribution in [2.24, 2.45) is 5.92 Å². The van der Waals surface area contributed by atoms with Crippen molar-refractivity contribution in [3.63, 3.8) is 0 Å². The minimum atomic E-state index is -1.43. The largest absolute Gasteiger partial charge is 0.400 e. The van der Waals surface area contributed by atoms with Gasteiger partial charge in [0.1, 0.15) is 0 Å². The first-order chi connectivity index (χ1) is 7.31. The van der Waals surface area contributed by atoms with Crippen LogP contribution in [0, 0.1) is 5.92 Å². The third-order valence-electron chi connectivity index (χ3n) is 3.06. The maximum Gasteiger partial charge on any atom is 0.321 e. The van der Waals surface area contributed by atoms with E-state index in [-0.39, 0.29) is 0 Å². The van der Waals surface area contributed by atoms with E-state index in [0.717, 1.165) is 32.2 Å². The average Bonchev–Trinajstić information content (AvgIpc) is 2.32. The van der Waals surface area contributed by atoms with Crippen molar-refractivity contribution in [2.75, 3.05) is 34.0 Å². The fourth-order valence-corrected chi connectivity index (χ4v) is 3.77. The Labute approximate surface area is 94.1 Å². The van der Waals surface area contributed by atoms with Crippen LogP contribution in [0.5, 0.6) is 0 Å². The highest BCUT2D eigenvalue weighted by Gasteiger charge is 2.26. The predicted octanol–water partition coefficient (Wildman–Crippen LogP) is 0.514. The van der Waals surface area contributed by atoms with E-state index in [9.17, 15) is 0 Å². The Morgan fingerprint density at radius 2 is 2.20 bits per heavy atom. The molecule has 0 spiro atoms. The van der Waals surface area contributed by atoms with Crippen molar-refractivity contribution in [3.8, 4) is 0 Å². The molecule has 0 saturated carbocycles. The minimum absolute atomic E-state index is 0.476. The monoisotopic (exact) mass is 233 g/mol. The zero-order chi connectivity index (χ0) is 11.1. The zero-order valence-electron chi connectivity index (χ0n) is 9.99. The summed E-state index contributed by atoms with van der Waals surface area (Å²) in [5, 5.41) is 3.51. The summed E-state index contributed by atoms with van der Waals surface area (Å²) in [5.74, 6) is 0.613. The Kier molecular flexibility index (Phi) is 6.43. The maximum absolute atomic E-state index is 5.49. The molecule has 0 bridgehead atoms. The number of ether oxygens (including phenoxy) is 1. The molecule has 1 saturated heterocycles. The molecule has 1 aliphatic rings. The molecule has 4 nitrogen and oxygen atoms in total. The van der Waals surface area contributed by atoms with Crippen molar-refractivity contribution in [1.82, 2.24) is 5.32 Å². The molecule has 90 valence electrons. The van der Waals surface area contributed by atoms with E-state index < -0.39 is 9.28 Å². The van der Waals surface area contributed by atoms with Crippen LogP contribution in [0.15, 0.2) is 0 Å². The summed E-state index contributed by atoms with van der Waals surface area (Å²) in [6, 6.07) is 1.54. The topological polar surface area (TPSA) is 39.7 Å². The van der Waals surface area contributed by atoms with Gasteiger partial charge in [0.05, 0.1) is 13.2 Å². The minimum Gasteiger partial charge on any atom is -0.400 e. The molecule has 2 atom stereocenters. The quantitative estimate of drug-likeness (QED) is 0.679. The van der Waals surface area contributed by atoms with E-state index in [1.807, 2.05) is 0 Å². The summed E-state index contributed by atoms with van der Waals surface area (Å²) < 4.78 is 16.2. The first-order valence-corrected chi connectivity index (χ1v) is 7.44. The summed E-state index contributed by atoms with van der Waals surface area (Å²) in [6.45, 7) is 4.85. The number of rotatable bonds is 6. The second kappa shape index (κ2) is 7.35. The van der Waals surface area contributed by atoms with Gasteiger partial charge in [-0.25, -0.2) is 0 Å². The van der Waals surface area contributed by atoms with Crippen LogP contribution in [0.4, 0.5) is 0 Å². The predicted molar refractivity (Wildman–Crippen MR) is 62.4 cm³/mol. The van der Waals surface area contributed by atoms with Crippen molar-refractivity contribution in [3.05, 3.63) is 0 Å². The summed E-state index contributed by atoms with van der Waals surface area (Å²) in [6.07, 6.45) is 1.15. The van der Waals surface area contributed by atoms with E-state index in [2.05, 4.69) is 12.2 Å². The average molecular weight is 233 g/mol. The molecule has 1 fully saturated rings. The summed E-state index contributed by atoms with van der Waals surface area (Å²) >= 11 is 0. The second-order valence-electron chi connectivity index (χ2n) is 3.94. The van der Waals surface area contributed by atoms with Gasteiger partial charge in [-0.15, -0.1) is 0 Å². The van der Waals surface area contributed by atoms with Gasteiger partial charge in [0, 0.05) is 26.8 Å². The van der Waals surface area contributed by atoms with E-state index in [1.165, 1.54) is 0 Å². The van der Waals surface area contributed by atoms with Crippen LogP contribution in [0.1, 0.15) is 13.3 Å². The fraction of sp³-hybridized carbons (Fsp3) is 1.00. The molecule has 1 N–H and O–H groups in total. The van der Waals surface area contributed by atoms with Gasteiger partial charge in [-0.2, -0.15) is 0 Å². The molecule has 5 heteroatoms. The Hall–Kier alpha value is 0.0569. The van der Waals surface area contributed by atoms with E-state index in [1.54, 1.807) is 14.2 Å². The van der Waals surface area contributed by atoms with Gasteiger partial charge >= 0.3 is 9.28 Å². The first kappa shape index (κ1) is 13.1. The van der Waals surface area contributed by atoms with Gasteiger partial charge in [-0.1, -0.05) is 13.3 Å². The lowest BCUT2D eigenvalue weighted by Crippen LogP contribution is -2.47. The third kappa shape index (κ3) is 4.20. The van der Waals surface area contributed by atoms with Crippen LogP contribution in [0.3, 0.4) is 0 Å². The van der Waals surface area contributed by atoms with Crippen molar-refractivity contribution in [2.45, 2.75) is 25.4 Å². The standard InChI is InChI=1S/C10H23NO3Si/c1-4-9(8-15(12-2)13-3)10-7-14-6-5-11-10/h9-11,15H,4-8H2,1-3H3. The van der Waals surface area contributed by atoms with Gasteiger partial charge in [-0.05, 0) is 12.0 Å². The molecule has 0 amide bonds. The molecule has 0 aromatic heterocycles. The highest BCUT2D eigenvalue weighted by atomic mass is 28.3. The normalized spacial score (nSPS) is 24.4. The lowest BCUT2D eigenvalue weighted by molar-refractivity contribution is 0.0573. The van der Waals surface area contributed by atoms with Crippen LogP contribution in [0.2, 0.25) is 6.04 Å². The van der Waals surface area contributed by atoms with Crippen LogP contribution in [-0.4, -0.2) is 49.3 Å². The lowest BCUT2D eigenvalue weighted by atomic mass is 9.99. The van der Waals surface area contributed by atoms with E-state index in [0.29, 0.717) is 12.0 Å². The Morgan fingerprint density at radius 3 is 2.67 bits per heavy atom. The maximum atomic E-state index is 5.49. The van der Waals surface area contributed by atoms with Crippen LogP contribution in [0.25, 0.3) is 0 Å². The van der Waals surface area contributed by atoms with Crippen LogP contribution >= 0.6 is 0 Å². The van der Waals surface area contributed by atoms with Gasteiger partial charge in [0.15, 0.2) is 0 Å². The highest BCUT2D eigenvalue weighted by Crippen LogP contribution is 2.19. The molecule has 0 aliphatic carbocycles. The summed E-state index contributed by atoms with van der Waals surface area (Å²) in [7, 11) is 2.06. The molecule has 1 rings (SSSR count). The second-order valence-corrected chi connectivity index (χ2v) is 6.21. The SMILES string of the molecule is CCC(C[SiH](OC)OC)C1COCCN1. The van der Waals surface area contributed by atoms with E-state index >= 15 is 0 Å². The van der Waals surface area contributed by atoms with Crippen molar-refractivity contribution < 1.29 is 13.6 Å². The lowest BCUT2D eigenvalue weighted by Gasteiger charge is -2.31. The summed E-state index contributed by atoms with van der Waals surface area (Å²) in [5.41, 5.74) is 0. The molecule has 15 heavy (non-hydrogen) atoms. The summed E-state index contributed by atoms with van der Waals surface area (Å²) in [4.78, 5) is 0. The van der Waals surface area contributed by atoms with Crippen molar-refractivity contribution >= 4 is 9.28 Å². The molecule has 0 aromatic rings. The number of nitrogens with one attached hydrogen (secondary N) is 1. The first-order valence-electron chi connectivity index (χ1n) is 5.68. The van der Waals surface area contributed by atoms with Gasteiger partial charge in [0.2, 0.25) is 0 Å². The molecular weight excluding hydrogens is 210 g/mol. The Balaban J connectivity index is 2.38. The molecular formula is C10H23NO3Si. The Morgan fingerprint density at radius 1 is 1.47 bits per heavy atom. The van der Waals surface area contributed by atoms with Crippen LogP contribution in [-0.2, 0) is 13.6 Å². The third-order valence-corrected chi connectivity index (χ3v) is 5.11. The van der Waals surface area contributed by atoms with Gasteiger partial charge in [0.25, 0.3) is 0 Å². The number of hydrogen-bond donors (Lipinski definition) is 1. The molecule has 0 aromatic carbocycles. The van der Waals surface area contributed by atoms with Gasteiger partial charge < -0.3 is 18.9 Å². The van der Waals surface area contributed by atoms with E-state index in [4.69, 9.17) is 13.6 Å². The van der Waals surface area contributed by atoms with Crippen molar-refractivity contribution in [1.29, 1.82) is 0 Å². The fourth-order valence-electron chi connectivity index (χ4n) is 2.04. The van der Waals surface area contributed by atoms with Gasteiger partial charge in [-0.3, -0.25) is 0 Å².